The van der Waals surface area contributed by atoms with E-state index in [-0.39, 0.29) is 0 Å². The minimum Gasteiger partial charge on any atom is -0.135 e. The van der Waals surface area contributed by atoms with Gasteiger partial charge in [-0.05, 0) is 36.8 Å². The minimum atomic E-state index is 1.22. The van der Waals surface area contributed by atoms with Crippen molar-refractivity contribution in [2.24, 2.45) is 0 Å². The number of hydrogen-bond acceptors (Lipinski definition) is 2. The molecule has 2 aromatic heterocycles. The maximum absolute atomic E-state index is 3.81. The number of rotatable bonds is 3. The lowest BCUT2D eigenvalue weighted by atomic mass is 10.1. The molecule has 0 spiro atoms. The Hall–Kier alpha value is -1.64. The highest BCUT2D eigenvalue weighted by molar-refractivity contribution is 7.24. The molecule has 0 atom stereocenters. The van der Waals surface area contributed by atoms with Crippen LogP contribution in [0.15, 0.2) is 55.1 Å². The molecule has 0 saturated carbocycles. The van der Waals surface area contributed by atoms with Gasteiger partial charge in [0.15, 0.2) is 0 Å². The molecule has 0 fully saturated rings. The largest absolute Gasteiger partial charge is 0.135 e. The second kappa shape index (κ2) is 5.16. The van der Waals surface area contributed by atoms with Crippen LogP contribution in [0.4, 0.5) is 0 Å². The Kier molecular flexibility index (Phi) is 3.36. The van der Waals surface area contributed by atoms with E-state index < -0.39 is 0 Å². The molecular formula is C17H14S2. The second-order valence-corrected chi connectivity index (χ2v) is 6.64. The number of thiophene rings is 2. The molecule has 0 aliphatic heterocycles. The first-order valence-electron chi connectivity index (χ1n) is 6.16. The lowest BCUT2D eigenvalue weighted by Gasteiger charge is -1.97. The van der Waals surface area contributed by atoms with E-state index in [2.05, 4.69) is 62.0 Å². The van der Waals surface area contributed by atoms with Gasteiger partial charge < -0.3 is 0 Å². The first kappa shape index (κ1) is 12.4. The first-order chi connectivity index (χ1) is 9.26. The van der Waals surface area contributed by atoms with Crippen LogP contribution in [-0.4, -0.2) is 0 Å². The summed E-state index contributed by atoms with van der Waals surface area (Å²) in [5.41, 5.74) is 2.59. The fourth-order valence-electron chi connectivity index (χ4n) is 1.94. The quantitative estimate of drug-likeness (QED) is 0.545. The standard InChI is InChI=1S/C17H14S2/c1-3-14-8-9-16(18-14)17-11-10-15(19-17)13-6-4-12(2)5-7-13/h3-11H,1H2,2H3. The molecule has 0 aliphatic rings. The fourth-order valence-corrected chi connectivity index (χ4v) is 3.90. The normalized spacial score (nSPS) is 10.6. The van der Waals surface area contributed by atoms with Gasteiger partial charge in [-0.1, -0.05) is 42.5 Å². The molecule has 0 bridgehead atoms. The van der Waals surface area contributed by atoms with E-state index >= 15 is 0 Å². The topological polar surface area (TPSA) is 0 Å². The van der Waals surface area contributed by atoms with Gasteiger partial charge in [-0.2, -0.15) is 0 Å². The van der Waals surface area contributed by atoms with E-state index in [9.17, 15) is 0 Å². The van der Waals surface area contributed by atoms with Gasteiger partial charge in [0.1, 0.15) is 0 Å². The summed E-state index contributed by atoms with van der Waals surface area (Å²) in [6, 6.07) is 17.4. The summed E-state index contributed by atoms with van der Waals surface area (Å²) in [4.78, 5) is 5.19. The highest BCUT2D eigenvalue weighted by Gasteiger charge is 2.06. The molecule has 94 valence electrons. The van der Waals surface area contributed by atoms with Gasteiger partial charge in [-0.15, -0.1) is 22.7 Å². The predicted octanol–water partition coefficient (Wildman–Crippen LogP) is 6.10. The second-order valence-electron chi connectivity index (χ2n) is 4.44. The molecular weight excluding hydrogens is 268 g/mol. The maximum Gasteiger partial charge on any atom is 0.0449 e. The van der Waals surface area contributed by atoms with Crippen LogP contribution in [0.1, 0.15) is 10.4 Å². The monoisotopic (exact) mass is 282 g/mol. The molecule has 1 aromatic carbocycles. The van der Waals surface area contributed by atoms with Gasteiger partial charge in [-0.25, -0.2) is 0 Å². The van der Waals surface area contributed by atoms with Crippen LogP contribution in [0, 0.1) is 6.92 Å². The average molecular weight is 282 g/mol. The van der Waals surface area contributed by atoms with Crippen LogP contribution in [-0.2, 0) is 0 Å². The Morgan fingerprint density at radius 3 is 2.11 bits per heavy atom. The first-order valence-corrected chi connectivity index (χ1v) is 7.79. The number of aryl methyl sites for hydroxylation is 1. The maximum atomic E-state index is 3.81. The molecule has 0 nitrogen and oxygen atoms in total. The van der Waals surface area contributed by atoms with Crippen LogP contribution in [0.3, 0.4) is 0 Å². The molecule has 2 heteroatoms. The summed E-state index contributed by atoms with van der Waals surface area (Å²) in [6.07, 6.45) is 1.91. The Labute approximate surface area is 121 Å². The molecule has 3 rings (SSSR count). The summed E-state index contributed by atoms with van der Waals surface area (Å²) >= 11 is 3.63. The van der Waals surface area contributed by atoms with E-state index in [0.29, 0.717) is 0 Å². The molecule has 0 saturated heterocycles. The van der Waals surface area contributed by atoms with E-state index in [4.69, 9.17) is 0 Å². The lowest BCUT2D eigenvalue weighted by molar-refractivity contribution is 1.48. The molecule has 0 amide bonds. The molecule has 3 aromatic rings. The van der Waals surface area contributed by atoms with Gasteiger partial charge in [-0.3, -0.25) is 0 Å². The Bertz CT molecular complexity index is 699. The van der Waals surface area contributed by atoms with Gasteiger partial charge in [0.25, 0.3) is 0 Å². The van der Waals surface area contributed by atoms with Crippen molar-refractivity contribution in [2.45, 2.75) is 6.92 Å². The van der Waals surface area contributed by atoms with E-state index in [0.717, 1.165) is 0 Å². The molecule has 2 heterocycles. The van der Waals surface area contributed by atoms with Crippen molar-refractivity contribution in [1.29, 1.82) is 0 Å². The van der Waals surface area contributed by atoms with Crippen molar-refractivity contribution in [3.63, 3.8) is 0 Å². The van der Waals surface area contributed by atoms with Crippen molar-refractivity contribution < 1.29 is 0 Å². The van der Waals surface area contributed by atoms with Gasteiger partial charge in [0.05, 0.1) is 0 Å². The zero-order valence-electron chi connectivity index (χ0n) is 10.7. The zero-order valence-corrected chi connectivity index (χ0v) is 12.4. The van der Waals surface area contributed by atoms with Crippen molar-refractivity contribution in [3.05, 3.63) is 65.6 Å². The van der Waals surface area contributed by atoms with E-state index in [1.807, 2.05) is 17.4 Å². The highest BCUT2D eigenvalue weighted by Crippen LogP contribution is 2.37. The van der Waals surface area contributed by atoms with Gasteiger partial charge in [0.2, 0.25) is 0 Å². The van der Waals surface area contributed by atoms with Crippen LogP contribution < -0.4 is 0 Å². The van der Waals surface area contributed by atoms with Crippen LogP contribution >= 0.6 is 22.7 Å². The third-order valence-corrected chi connectivity index (χ3v) is 5.42. The lowest BCUT2D eigenvalue weighted by Crippen LogP contribution is -1.72. The fraction of sp³-hybridized carbons (Fsp3) is 0.0588. The zero-order chi connectivity index (χ0) is 13.2. The van der Waals surface area contributed by atoms with Crippen LogP contribution in [0.2, 0.25) is 0 Å². The third kappa shape index (κ3) is 2.55. The van der Waals surface area contributed by atoms with Gasteiger partial charge >= 0.3 is 0 Å². The average Bonchev–Trinajstić information content (AvgIpc) is 3.08. The van der Waals surface area contributed by atoms with E-state index in [1.165, 1.54) is 30.6 Å². The summed E-state index contributed by atoms with van der Waals surface area (Å²) in [7, 11) is 0. The Balaban J connectivity index is 1.94. The van der Waals surface area contributed by atoms with Crippen LogP contribution in [0.25, 0.3) is 26.3 Å². The van der Waals surface area contributed by atoms with Crippen molar-refractivity contribution in [1.82, 2.24) is 0 Å². The smallest absolute Gasteiger partial charge is 0.0449 e. The predicted molar refractivity (Wildman–Crippen MR) is 87.9 cm³/mol. The number of hydrogen-bond donors (Lipinski definition) is 0. The minimum absolute atomic E-state index is 1.22. The van der Waals surface area contributed by atoms with Gasteiger partial charge in [0, 0.05) is 19.5 Å². The number of benzene rings is 1. The third-order valence-electron chi connectivity index (χ3n) is 3.01. The van der Waals surface area contributed by atoms with Crippen LogP contribution in [0.5, 0.6) is 0 Å². The van der Waals surface area contributed by atoms with E-state index in [1.54, 1.807) is 11.3 Å². The van der Waals surface area contributed by atoms with Crippen molar-refractivity contribution in [2.75, 3.05) is 0 Å². The van der Waals surface area contributed by atoms with Crippen molar-refractivity contribution in [3.8, 4) is 20.2 Å². The Morgan fingerprint density at radius 1 is 0.789 bits per heavy atom. The van der Waals surface area contributed by atoms with Crippen molar-refractivity contribution >= 4 is 28.7 Å². The molecule has 19 heavy (non-hydrogen) atoms. The highest BCUT2D eigenvalue weighted by atomic mass is 32.1. The molecule has 0 radical (unpaired) electrons. The molecule has 0 aliphatic carbocycles. The summed E-state index contributed by atoms with van der Waals surface area (Å²) in [5.74, 6) is 0. The molecule has 0 N–H and O–H groups in total. The summed E-state index contributed by atoms with van der Waals surface area (Å²) in [5, 5.41) is 0. The molecule has 0 unspecified atom stereocenters. The Morgan fingerprint density at radius 2 is 1.42 bits per heavy atom. The summed E-state index contributed by atoms with van der Waals surface area (Å²) in [6.45, 7) is 5.93. The summed E-state index contributed by atoms with van der Waals surface area (Å²) < 4.78 is 0. The SMILES string of the molecule is C=Cc1ccc(-c2ccc(-c3ccc(C)cc3)s2)s1.